The minimum atomic E-state index is -0.384. The van der Waals surface area contributed by atoms with Gasteiger partial charge in [-0.25, -0.2) is 0 Å². The van der Waals surface area contributed by atoms with E-state index < -0.39 is 0 Å². The summed E-state index contributed by atoms with van der Waals surface area (Å²) in [6, 6.07) is 0. The highest BCUT2D eigenvalue weighted by Gasteiger charge is 1.78. The molecule has 0 aromatic carbocycles. The number of hydrogen-bond donors (Lipinski definition) is 1. The standard InChI is InChI=1S/C5H10OS/c1-3-7-4-5(2)6/h5-6H,3H2,1-2H3. The predicted octanol–water partition coefficient (Wildman–Crippen LogP) is 1.08. The molecule has 1 N–H and O–H groups in total. The number of rotatable bonds is 0. The van der Waals surface area contributed by atoms with E-state index in [0.717, 1.165) is 5.75 Å². The Bertz CT molecular complexity index is 88.0. The maximum Gasteiger partial charge on any atom is 0.114 e. The Morgan fingerprint density at radius 3 is 2.57 bits per heavy atom. The van der Waals surface area contributed by atoms with Crippen molar-refractivity contribution in [3.05, 3.63) is 0 Å². The molecule has 0 spiro atoms. The van der Waals surface area contributed by atoms with Gasteiger partial charge in [-0.1, -0.05) is 12.1 Å². The third-order valence-corrected chi connectivity index (χ3v) is 1.19. The highest BCUT2D eigenvalue weighted by molar-refractivity contribution is 7.88. The summed E-state index contributed by atoms with van der Waals surface area (Å²) in [7, 11) is 0. The molecule has 1 unspecified atom stereocenters. The van der Waals surface area contributed by atoms with Crippen molar-refractivity contribution in [2.24, 2.45) is 0 Å². The molecule has 1 nitrogen and oxygen atoms in total. The average Bonchev–Trinajstić information content (AvgIpc) is 1.61. The van der Waals surface area contributed by atoms with Gasteiger partial charge in [-0.05, 0) is 6.92 Å². The van der Waals surface area contributed by atoms with Crippen LogP contribution in [0.2, 0.25) is 0 Å². The number of hydrogen-bond acceptors (Lipinski definition) is 1. The Morgan fingerprint density at radius 2 is 2.43 bits per heavy atom. The molecule has 0 rings (SSSR count). The minimum absolute atomic E-state index is 0.384. The van der Waals surface area contributed by atoms with Crippen molar-refractivity contribution in [3.8, 4) is 5.18 Å². The summed E-state index contributed by atoms with van der Waals surface area (Å²) in [5.74, 6) is 0.991. The topological polar surface area (TPSA) is 20.2 Å². The molecule has 0 aromatic rings. The highest BCUT2D eigenvalue weighted by Crippen LogP contribution is 1.81. The summed E-state index contributed by atoms with van der Waals surface area (Å²) in [6.45, 7) is 3.72. The summed E-state index contributed by atoms with van der Waals surface area (Å²) in [5.41, 5.74) is 0. The smallest absolute Gasteiger partial charge is 0.114 e. The van der Waals surface area contributed by atoms with Gasteiger partial charge in [-0.2, -0.15) is 0 Å². The van der Waals surface area contributed by atoms with Gasteiger partial charge in [-0.15, -0.1) is 11.2 Å². The van der Waals surface area contributed by atoms with Crippen LogP contribution in [0.3, 0.4) is 0 Å². The molecule has 0 aliphatic rings. The van der Waals surface area contributed by atoms with E-state index in [1.165, 1.54) is 11.2 Å². The number of aliphatic hydroxyl groups is 1. The molecule has 0 bridgehead atoms. The van der Waals surface area contributed by atoms with Crippen LogP contribution in [0.25, 0.3) is 0 Å². The highest BCUT2D eigenvalue weighted by atomic mass is 32.1. The van der Waals surface area contributed by atoms with Gasteiger partial charge in [0, 0.05) is 5.75 Å². The second-order valence-corrected chi connectivity index (χ2v) is 2.33. The summed E-state index contributed by atoms with van der Waals surface area (Å²) < 4.78 is 0. The van der Waals surface area contributed by atoms with Gasteiger partial charge in [0.05, 0.1) is 0 Å². The largest absolute Gasteiger partial charge is 0.380 e. The van der Waals surface area contributed by atoms with Crippen molar-refractivity contribution < 1.29 is 5.11 Å². The lowest BCUT2D eigenvalue weighted by Crippen LogP contribution is -1.90. The van der Waals surface area contributed by atoms with Crippen LogP contribution in [-0.2, 0) is 0 Å². The molecule has 42 valence electrons. The summed E-state index contributed by atoms with van der Waals surface area (Å²) >= 11 is 1.52. The van der Waals surface area contributed by atoms with Crippen LogP contribution >= 0.6 is 11.2 Å². The van der Waals surface area contributed by atoms with Crippen molar-refractivity contribution in [2.75, 3.05) is 5.75 Å². The van der Waals surface area contributed by atoms with Crippen LogP contribution < -0.4 is 0 Å². The first-order valence-corrected chi connectivity index (χ1v) is 3.31. The Morgan fingerprint density at radius 1 is 1.86 bits per heavy atom. The molecule has 0 saturated carbocycles. The Labute approximate surface area is 48.0 Å². The third-order valence-electron chi connectivity index (χ3n) is 0.398. The van der Waals surface area contributed by atoms with Gasteiger partial charge in [0.25, 0.3) is 0 Å². The van der Waals surface area contributed by atoms with Crippen LogP contribution in [0.15, 0.2) is 0 Å². The van der Waals surface area contributed by atoms with Crippen LogP contribution in [0.1, 0.15) is 13.8 Å². The van der Waals surface area contributed by atoms with Gasteiger partial charge in [-0.3, -0.25) is 0 Å². The zero-order chi connectivity index (χ0) is 5.70. The molecule has 0 saturated heterocycles. The van der Waals surface area contributed by atoms with E-state index in [9.17, 15) is 0 Å². The quantitative estimate of drug-likeness (QED) is 0.504. The zero-order valence-corrected chi connectivity index (χ0v) is 5.46. The molecule has 0 fully saturated rings. The molecule has 0 amide bonds. The van der Waals surface area contributed by atoms with Crippen molar-refractivity contribution in [3.63, 3.8) is 0 Å². The fraction of sp³-hybridized carbons (Fsp3) is 0.800. The van der Waals surface area contributed by atoms with E-state index in [2.05, 4.69) is 5.18 Å². The van der Waals surface area contributed by atoms with Crippen molar-refractivity contribution in [2.45, 2.75) is 20.0 Å². The molecule has 7 heavy (non-hydrogen) atoms. The lowest BCUT2D eigenvalue weighted by molar-refractivity contribution is 0.254. The normalized spacial score (nSPS) is 12.4. The predicted molar refractivity (Wildman–Crippen MR) is 33.7 cm³/mol. The van der Waals surface area contributed by atoms with Gasteiger partial charge in [0.2, 0.25) is 0 Å². The Kier molecular flexibility index (Phi) is 4.10. The van der Waals surface area contributed by atoms with Gasteiger partial charge >= 0.3 is 0 Å². The molecule has 0 aliphatic carbocycles. The van der Waals surface area contributed by atoms with E-state index in [1.54, 1.807) is 6.92 Å². The van der Waals surface area contributed by atoms with E-state index in [1.807, 2.05) is 6.92 Å². The van der Waals surface area contributed by atoms with Crippen LogP contribution in [0.5, 0.6) is 0 Å². The summed E-state index contributed by atoms with van der Waals surface area (Å²) in [6.07, 6.45) is -0.384. The third kappa shape index (κ3) is 5.96. The van der Waals surface area contributed by atoms with E-state index in [4.69, 9.17) is 5.11 Å². The maximum absolute atomic E-state index is 8.55. The van der Waals surface area contributed by atoms with E-state index in [-0.39, 0.29) is 6.10 Å². The molecule has 0 radical (unpaired) electrons. The van der Waals surface area contributed by atoms with Crippen LogP contribution in [-0.4, -0.2) is 17.0 Å². The van der Waals surface area contributed by atoms with Crippen LogP contribution in [0.4, 0.5) is 0 Å². The zero-order valence-electron chi connectivity index (χ0n) is 4.64. The lowest BCUT2D eigenvalue weighted by atomic mass is 10.5. The maximum atomic E-state index is 8.55. The molecule has 1 atom stereocenters. The molecular formula is C5H10OS. The second-order valence-electron chi connectivity index (χ2n) is 1.23. The fourth-order valence-electron chi connectivity index (χ4n) is 0.204. The molecule has 0 aromatic heterocycles. The van der Waals surface area contributed by atoms with Gasteiger partial charge in [0.15, 0.2) is 0 Å². The summed E-state index contributed by atoms with van der Waals surface area (Å²) in [4.78, 5) is 0. The van der Waals surface area contributed by atoms with Gasteiger partial charge in [0.1, 0.15) is 6.10 Å². The Balaban J connectivity index is 3.24. The van der Waals surface area contributed by atoms with Crippen molar-refractivity contribution in [1.82, 2.24) is 0 Å². The lowest BCUT2D eigenvalue weighted by Gasteiger charge is -1.83. The monoisotopic (exact) mass is 118 g/mol. The first-order chi connectivity index (χ1) is 3.27. The first-order valence-electron chi connectivity index (χ1n) is 2.32. The van der Waals surface area contributed by atoms with Crippen LogP contribution in [0, 0.1) is 5.18 Å². The SMILES string of the molecule is CCS#CC(C)O. The van der Waals surface area contributed by atoms with Crippen molar-refractivity contribution in [1.29, 1.82) is 0 Å². The van der Waals surface area contributed by atoms with E-state index >= 15 is 0 Å². The summed E-state index contributed by atoms with van der Waals surface area (Å²) in [5, 5.41) is 11.3. The second kappa shape index (κ2) is 4.13. The fourth-order valence-corrected chi connectivity index (χ4v) is 0.612. The average molecular weight is 118 g/mol. The Hall–Kier alpha value is -0.0400. The van der Waals surface area contributed by atoms with Gasteiger partial charge < -0.3 is 5.11 Å². The van der Waals surface area contributed by atoms with Crippen molar-refractivity contribution >= 4 is 11.2 Å². The van der Waals surface area contributed by atoms with E-state index in [0.29, 0.717) is 0 Å². The molecule has 2 heteroatoms. The molecule has 0 aliphatic heterocycles. The minimum Gasteiger partial charge on any atom is -0.380 e. The first kappa shape index (κ1) is 6.96. The number of aliphatic hydroxyl groups excluding tert-OH is 1. The molecule has 0 heterocycles. The molecular weight excluding hydrogens is 108 g/mol.